The SMILES string of the molecule is COc1ncnc(OC)c1C(=O)Nc1nc(C(F)(F)F)c(C(=O)c2ccccc2)s1. The van der Waals surface area contributed by atoms with Crippen molar-refractivity contribution in [1.29, 1.82) is 0 Å². The number of methoxy groups -OCH3 is 2. The number of anilines is 1. The van der Waals surface area contributed by atoms with E-state index in [1.165, 1.54) is 38.5 Å². The summed E-state index contributed by atoms with van der Waals surface area (Å²) in [5, 5.41) is 1.79. The number of rotatable bonds is 6. The summed E-state index contributed by atoms with van der Waals surface area (Å²) >= 11 is 0.404. The van der Waals surface area contributed by atoms with Gasteiger partial charge in [0, 0.05) is 5.56 Å². The summed E-state index contributed by atoms with van der Waals surface area (Å²) in [5.74, 6) is -2.07. The fourth-order valence-corrected chi connectivity index (χ4v) is 3.40. The van der Waals surface area contributed by atoms with Crippen LogP contribution in [-0.2, 0) is 6.18 Å². The summed E-state index contributed by atoms with van der Waals surface area (Å²) in [4.78, 5) is 35.5. The van der Waals surface area contributed by atoms with Gasteiger partial charge in [0.1, 0.15) is 11.2 Å². The maximum Gasteiger partial charge on any atom is 0.435 e. The van der Waals surface area contributed by atoms with Crippen molar-refractivity contribution < 1.29 is 32.2 Å². The molecule has 30 heavy (non-hydrogen) atoms. The molecular weight excluding hydrogens is 425 g/mol. The number of aromatic nitrogens is 3. The van der Waals surface area contributed by atoms with Crippen molar-refractivity contribution in [3.8, 4) is 11.8 Å². The molecule has 12 heteroatoms. The van der Waals surface area contributed by atoms with Gasteiger partial charge in [0.05, 0.1) is 14.2 Å². The normalized spacial score (nSPS) is 11.1. The molecule has 0 aliphatic carbocycles. The lowest BCUT2D eigenvalue weighted by molar-refractivity contribution is -0.140. The van der Waals surface area contributed by atoms with Crippen LogP contribution in [-0.4, -0.2) is 40.9 Å². The standard InChI is InChI=1S/C18H13F3N4O4S/c1-28-15-10(16(29-2)23-8-22-15)14(27)25-17-24-13(18(19,20)21)12(30-17)11(26)9-6-4-3-5-7-9/h3-8H,1-2H3,(H,24,25,27). The second kappa shape index (κ2) is 8.45. The highest BCUT2D eigenvalue weighted by molar-refractivity contribution is 7.18. The number of nitrogens with one attached hydrogen (secondary N) is 1. The van der Waals surface area contributed by atoms with Crippen molar-refractivity contribution in [2.45, 2.75) is 6.18 Å². The first-order valence-corrected chi connectivity index (χ1v) is 9.00. The minimum absolute atomic E-state index is 0.0596. The quantitative estimate of drug-likeness (QED) is 0.588. The molecular formula is C18H13F3N4O4S. The van der Waals surface area contributed by atoms with Crippen molar-refractivity contribution in [1.82, 2.24) is 15.0 Å². The molecule has 0 radical (unpaired) electrons. The summed E-state index contributed by atoms with van der Waals surface area (Å²) in [7, 11) is 2.50. The number of ether oxygens (including phenoxy) is 2. The van der Waals surface area contributed by atoms with Gasteiger partial charge in [-0.05, 0) is 0 Å². The molecule has 0 saturated carbocycles. The zero-order chi connectivity index (χ0) is 21.9. The van der Waals surface area contributed by atoms with Gasteiger partial charge in [-0.1, -0.05) is 41.7 Å². The lowest BCUT2D eigenvalue weighted by Crippen LogP contribution is -2.16. The van der Waals surface area contributed by atoms with Crippen LogP contribution < -0.4 is 14.8 Å². The largest absolute Gasteiger partial charge is 0.480 e. The van der Waals surface area contributed by atoms with Gasteiger partial charge in [-0.15, -0.1) is 0 Å². The Morgan fingerprint density at radius 1 is 1.03 bits per heavy atom. The average Bonchev–Trinajstić information content (AvgIpc) is 3.17. The molecule has 2 heterocycles. The molecule has 1 amide bonds. The van der Waals surface area contributed by atoms with Crippen molar-refractivity contribution in [3.05, 3.63) is 58.4 Å². The number of thiazole rings is 1. The number of halogens is 3. The Morgan fingerprint density at radius 2 is 1.63 bits per heavy atom. The summed E-state index contributed by atoms with van der Waals surface area (Å²) in [6.07, 6.45) is -3.80. The third kappa shape index (κ3) is 4.22. The molecule has 2 aromatic heterocycles. The maximum absolute atomic E-state index is 13.5. The minimum atomic E-state index is -4.90. The fraction of sp³-hybridized carbons (Fsp3) is 0.167. The molecule has 8 nitrogen and oxygen atoms in total. The summed E-state index contributed by atoms with van der Waals surface area (Å²) < 4.78 is 50.3. The van der Waals surface area contributed by atoms with Crippen molar-refractivity contribution in [2.75, 3.05) is 19.5 Å². The first-order valence-electron chi connectivity index (χ1n) is 8.18. The van der Waals surface area contributed by atoms with E-state index < -0.39 is 33.6 Å². The van der Waals surface area contributed by atoms with E-state index in [9.17, 15) is 22.8 Å². The van der Waals surface area contributed by atoms with Crippen LogP contribution in [0.3, 0.4) is 0 Å². The van der Waals surface area contributed by atoms with Crippen LogP contribution in [0.5, 0.6) is 11.8 Å². The Morgan fingerprint density at radius 3 is 2.17 bits per heavy atom. The van der Waals surface area contributed by atoms with E-state index in [-0.39, 0.29) is 22.9 Å². The first kappa shape index (κ1) is 21.2. The highest BCUT2D eigenvalue weighted by Crippen LogP contribution is 2.37. The molecule has 1 N–H and O–H groups in total. The highest BCUT2D eigenvalue weighted by Gasteiger charge is 2.40. The van der Waals surface area contributed by atoms with Crippen LogP contribution in [0.2, 0.25) is 0 Å². The van der Waals surface area contributed by atoms with E-state index in [0.717, 1.165) is 6.33 Å². The van der Waals surface area contributed by atoms with E-state index in [4.69, 9.17) is 9.47 Å². The summed E-state index contributed by atoms with van der Waals surface area (Å²) in [5.41, 5.74) is -1.56. The van der Waals surface area contributed by atoms with Crippen LogP contribution in [0.15, 0.2) is 36.7 Å². The number of ketones is 1. The van der Waals surface area contributed by atoms with Crippen molar-refractivity contribution in [2.24, 2.45) is 0 Å². The molecule has 0 atom stereocenters. The van der Waals surface area contributed by atoms with Crippen molar-refractivity contribution in [3.63, 3.8) is 0 Å². The Bertz CT molecular complexity index is 1060. The first-order chi connectivity index (χ1) is 14.3. The van der Waals surface area contributed by atoms with Crippen LogP contribution in [0.4, 0.5) is 18.3 Å². The van der Waals surface area contributed by atoms with E-state index in [1.807, 2.05) is 0 Å². The molecule has 3 rings (SSSR count). The number of benzene rings is 1. The van der Waals surface area contributed by atoms with Gasteiger partial charge in [-0.2, -0.15) is 13.2 Å². The molecule has 1 aromatic carbocycles. The molecule has 3 aromatic rings. The number of alkyl halides is 3. The van der Waals surface area contributed by atoms with E-state index in [1.54, 1.807) is 6.07 Å². The van der Waals surface area contributed by atoms with Gasteiger partial charge in [-0.25, -0.2) is 15.0 Å². The highest BCUT2D eigenvalue weighted by atomic mass is 32.1. The van der Waals surface area contributed by atoms with E-state index in [0.29, 0.717) is 11.3 Å². The third-order valence-corrected chi connectivity index (χ3v) is 4.72. The number of nitrogens with zero attached hydrogens (tertiary/aromatic N) is 3. The number of carbonyl (C=O) groups is 2. The Labute approximate surface area is 171 Å². The van der Waals surface area contributed by atoms with E-state index >= 15 is 0 Å². The number of hydrogen-bond donors (Lipinski definition) is 1. The smallest absolute Gasteiger partial charge is 0.435 e. The number of amides is 1. The predicted octanol–water partition coefficient (Wildman–Crippen LogP) is 3.45. The lowest BCUT2D eigenvalue weighted by atomic mass is 10.1. The van der Waals surface area contributed by atoms with Gasteiger partial charge < -0.3 is 9.47 Å². The van der Waals surface area contributed by atoms with Crippen LogP contribution in [0.25, 0.3) is 0 Å². The average molecular weight is 438 g/mol. The number of carbonyl (C=O) groups excluding carboxylic acids is 2. The zero-order valence-electron chi connectivity index (χ0n) is 15.5. The fourth-order valence-electron chi connectivity index (χ4n) is 2.46. The summed E-state index contributed by atoms with van der Waals surface area (Å²) in [6, 6.07) is 7.45. The zero-order valence-corrected chi connectivity index (χ0v) is 16.3. The summed E-state index contributed by atoms with van der Waals surface area (Å²) in [6.45, 7) is 0. The molecule has 0 fully saturated rings. The molecule has 0 bridgehead atoms. The molecule has 0 unspecified atom stereocenters. The Hall–Kier alpha value is -3.54. The van der Waals surface area contributed by atoms with Gasteiger partial charge in [0.2, 0.25) is 17.5 Å². The number of hydrogen-bond acceptors (Lipinski definition) is 8. The molecule has 0 aliphatic rings. The monoisotopic (exact) mass is 438 g/mol. The topological polar surface area (TPSA) is 103 Å². The lowest BCUT2D eigenvalue weighted by Gasteiger charge is -2.09. The van der Waals surface area contributed by atoms with Gasteiger partial charge in [0.15, 0.2) is 16.4 Å². The van der Waals surface area contributed by atoms with Gasteiger partial charge in [-0.3, -0.25) is 14.9 Å². The second-order valence-electron chi connectivity index (χ2n) is 5.61. The van der Waals surface area contributed by atoms with Crippen LogP contribution in [0, 0.1) is 0 Å². The maximum atomic E-state index is 13.5. The van der Waals surface area contributed by atoms with Crippen LogP contribution in [0.1, 0.15) is 31.3 Å². The van der Waals surface area contributed by atoms with Gasteiger partial charge >= 0.3 is 6.18 Å². The Kier molecular flexibility index (Phi) is 5.96. The predicted molar refractivity (Wildman–Crippen MR) is 100 cm³/mol. The van der Waals surface area contributed by atoms with E-state index in [2.05, 4.69) is 20.3 Å². The Balaban J connectivity index is 2.00. The minimum Gasteiger partial charge on any atom is -0.480 e. The molecule has 0 spiro atoms. The molecule has 0 saturated heterocycles. The molecule has 156 valence electrons. The van der Waals surface area contributed by atoms with Gasteiger partial charge in [0.25, 0.3) is 5.91 Å². The van der Waals surface area contributed by atoms with Crippen molar-refractivity contribution >= 4 is 28.2 Å². The second-order valence-corrected chi connectivity index (χ2v) is 6.61. The van der Waals surface area contributed by atoms with Crippen LogP contribution >= 0.6 is 11.3 Å². The molecule has 0 aliphatic heterocycles. The third-order valence-electron chi connectivity index (χ3n) is 3.75.